The average molecular weight is 380 g/mol. The van der Waals surface area contributed by atoms with E-state index in [2.05, 4.69) is 15.6 Å². The van der Waals surface area contributed by atoms with Crippen LogP contribution >= 0.6 is 0 Å². The highest BCUT2D eigenvalue weighted by Gasteiger charge is 2.26. The van der Waals surface area contributed by atoms with E-state index in [-0.39, 0.29) is 11.9 Å². The Labute approximate surface area is 162 Å². The van der Waals surface area contributed by atoms with E-state index in [1.807, 2.05) is 28.8 Å². The molecule has 0 aliphatic carbocycles. The molecule has 1 aromatic heterocycles. The van der Waals surface area contributed by atoms with Crippen LogP contribution in [-0.4, -0.2) is 22.6 Å². The van der Waals surface area contributed by atoms with Gasteiger partial charge < -0.3 is 19.9 Å². The van der Waals surface area contributed by atoms with Crippen LogP contribution in [0.1, 0.15) is 35.2 Å². The largest absolute Gasteiger partial charge is 0.497 e. The van der Waals surface area contributed by atoms with E-state index >= 15 is 0 Å². The van der Waals surface area contributed by atoms with Gasteiger partial charge in [0.15, 0.2) is 5.82 Å². The van der Waals surface area contributed by atoms with Crippen LogP contribution in [0, 0.1) is 5.82 Å². The summed E-state index contributed by atoms with van der Waals surface area (Å²) in [6.07, 6.45) is 3.61. The summed E-state index contributed by atoms with van der Waals surface area (Å²) < 4.78 is 20.5. The van der Waals surface area contributed by atoms with Crippen LogP contribution in [0.15, 0.2) is 54.7 Å². The summed E-state index contributed by atoms with van der Waals surface area (Å²) in [5.41, 5.74) is 2.35. The number of aromatic nitrogens is 2. The predicted octanol–water partition coefficient (Wildman–Crippen LogP) is 4.23. The molecule has 2 heterocycles. The standard InChI is InChI=1S/C21H21FN4O2/c1-28-17-9-7-15(8-10-17)24-18-6-3-11-26-19(18)13-23-20(26)21(27)25-16-5-2-4-14(22)12-16/h2,4-5,7-10,12-13,18,24H,3,6,11H2,1H3,(H,25,27)/t18-/m0/s1. The summed E-state index contributed by atoms with van der Waals surface area (Å²) in [6.45, 7) is 0.724. The van der Waals surface area contributed by atoms with Crippen molar-refractivity contribution in [3.05, 3.63) is 72.1 Å². The van der Waals surface area contributed by atoms with Crippen LogP contribution in [0.5, 0.6) is 5.75 Å². The van der Waals surface area contributed by atoms with Crippen LogP contribution in [-0.2, 0) is 6.54 Å². The highest BCUT2D eigenvalue weighted by molar-refractivity contribution is 6.01. The molecule has 1 aliphatic heterocycles. The number of benzene rings is 2. The van der Waals surface area contributed by atoms with Gasteiger partial charge >= 0.3 is 0 Å². The maximum absolute atomic E-state index is 13.4. The summed E-state index contributed by atoms with van der Waals surface area (Å²) in [6, 6.07) is 13.6. The van der Waals surface area contributed by atoms with Gasteiger partial charge in [0.25, 0.3) is 5.91 Å². The maximum Gasteiger partial charge on any atom is 0.291 e. The van der Waals surface area contributed by atoms with Gasteiger partial charge in [-0.25, -0.2) is 9.37 Å². The molecule has 0 bridgehead atoms. The normalized spacial score (nSPS) is 15.6. The van der Waals surface area contributed by atoms with Gasteiger partial charge in [0.1, 0.15) is 11.6 Å². The highest BCUT2D eigenvalue weighted by Crippen LogP contribution is 2.30. The molecule has 6 nitrogen and oxygen atoms in total. The van der Waals surface area contributed by atoms with Crippen LogP contribution in [0.3, 0.4) is 0 Å². The lowest BCUT2D eigenvalue weighted by Gasteiger charge is -2.26. The number of halogens is 1. The van der Waals surface area contributed by atoms with E-state index in [9.17, 15) is 9.18 Å². The molecule has 0 saturated carbocycles. The Kier molecular flexibility index (Phi) is 4.97. The molecule has 1 atom stereocenters. The van der Waals surface area contributed by atoms with Crippen molar-refractivity contribution in [1.29, 1.82) is 0 Å². The molecule has 28 heavy (non-hydrogen) atoms. The van der Waals surface area contributed by atoms with Gasteiger partial charge in [0, 0.05) is 17.9 Å². The number of amides is 1. The SMILES string of the molecule is COc1ccc(N[C@H]2CCCn3c2cnc3C(=O)Nc2cccc(F)c2)cc1. The number of anilines is 2. The smallest absolute Gasteiger partial charge is 0.291 e. The third kappa shape index (κ3) is 3.69. The van der Waals surface area contributed by atoms with E-state index in [0.717, 1.165) is 36.5 Å². The van der Waals surface area contributed by atoms with Crippen LogP contribution in [0.4, 0.5) is 15.8 Å². The Balaban J connectivity index is 1.52. The maximum atomic E-state index is 13.4. The molecule has 0 radical (unpaired) electrons. The van der Waals surface area contributed by atoms with Crippen molar-refractivity contribution < 1.29 is 13.9 Å². The number of nitrogens with zero attached hydrogens (tertiary/aromatic N) is 2. The third-order valence-electron chi connectivity index (χ3n) is 4.83. The zero-order valence-corrected chi connectivity index (χ0v) is 15.5. The van der Waals surface area contributed by atoms with Gasteiger partial charge in [-0.05, 0) is 55.3 Å². The fraction of sp³-hybridized carbons (Fsp3) is 0.238. The van der Waals surface area contributed by atoms with E-state index in [4.69, 9.17) is 4.74 Å². The molecule has 1 aliphatic rings. The molecular weight excluding hydrogens is 359 g/mol. The molecule has 0 saturated heterocycles. The summed E-state index contributed by atoms with van der Waals surface area (Å²) in [5.74, 6) is 0.393. The minimum Gasteiger partial charge on any atom is -0.497 e. The number of methoxy groups -OCH3 is 1. The van der Waals surface area contributed by atoms with Crippen molar-refractivity contribution >= 4 is 17.3 Å². The monoisotopic (exact) mass is 380 g/mol. The average Bonchev–Trinajstić information content (AvgIpc) is 3.14. The van der Waals surface area contributed by atoms with Crippen molar-refractivity contribution in [1.82, 2.24) is 9.55 Å². The fourth-order valence-electron chi connectivity index (χ4n) is 3.47. The highest BCUT2D eigenvalue weighted by atomic mass is 19.1. The first-order valence-corrected chi connectivity index (χ1v) is 9.17. The number of hydrogen-bond donors (Lipinski definition) is 2. The van der Waals surface area contributed by atoms with E-state index < -0.39 is 5.82 Å². The van der Waals surface area contributed by atoms with Crippen LogP contribution in [0.2, 0.25) is 0 Å². The van der Waals surface area contributed by atoms with Crippen molar-refractivity contribution in [2.75, 3.05) is 17.7 Å². The third-order valence-corrected chi connectivity index (χ3v) is 4.83. The number of fused-ring (bicyclic) bond motifs is 1. The zero-order valence-electron chi connectivity index (χ0n) is 15.5. The minimum absolute atomic E-state index is 0.0605. The number of nitrogens with one attached hydrogen (secondary N) is 2. The van der Waals surface area contributed by atoms with Gasteiger partial charge in [-0.1, -0.05) is 6.07 Å². The number of carbonyl (C=O) groups excluding carboxylic acids is 1. The number of rotatable bonds is 5. The number of imidazole rings is 1. The Morgan fingerprint density at radius 1 is 1.21 bits per heavy atom. The number of carbonyl (C=O) groups is 1. The van der Waals surface area contributed by atoms with Gasteiger partial charge in [-0.2, -0.15) is 0 Å². The Bertz CT molecular complexity index is 984. The van der Waals surface area contributed by atoms with Crippen molar-refractivity contribution in [2.24, 2.45) is 0 Å². The first-order chi connectivity index (χ1) is 13.6. The number of hydrogen-bond acceptors (Lipinski definition) is 4. The lowest BCUT2D eigenvalue weighted by Crippen LogP contribution is -2.25. The minimum atomic E-state index is -0.397. The summed E-state index contributed by atoms with van der Waals surface area (Å²) >= 11 is 0. The molecule has 7 heteroatoms. The Morgan fingerprint density at radius 2 is 2.04 bits per heavy atom. The topological polar surface area (TPSA) is 68.2 Å². The molecule has 2 aromatic carbocycles. The summed E-state index contributed by atoms with van der Waals surface area (Å²) in [5, 5.41) is 6.22. The molecule has 0 unspecified atom stereocenters. The van der Waals surface area contributed by atoms with Crippen molar-refractivity contribution in [3.8, 4) is 5.75 Å². The van der Waals surface area contributed by atoms with Crippen LogP contribution < -0.4 is 15.4 Å². The lowest BCUT2D eigenvalue weighted by atomic mass is 10.0. The lowest BCUT2D eigenvalue weighted by molar-refractivity contribution is 0.101. The van der Waals surface area contributed by atoms with Gasteiger partial charge in [-0.15, -0.1) is 0 Å². The van der Waals surface area contributed by atoms with E-state index in [1.165, 1.54) is 12.1 Å². The van der Waals surface area contributed by atoms with E-state index in [0.29, 0.717) is 11.5 Å². The van der Waals surface area contributed by atoms with E-state index in [1.54, 1.807) is 25.4 Å². The first-order valence-electron chi connectivity index (χ1n) is 9.17. The van der Waals surface area contributed by atoms with Crippen molar-refractivity contribution in [2.45, 2.75) is 25.4 Å². The summed E-state index contributed by atoms with van der Waals surface area (Å²) in [4.78, 5) is 17.0. The van der Waals surface area contributed by atoms with Gasteiger partial charge in [0.2, 0.25) is 0 Å². The first kappa shape index (κ1) is 18.0. The molecule has 1 amide bonds. The molecular formula is C21H21FN4O2. The van der Waals surface area contributed by atoms with Crippen molar-refractivity contribution in [3.63, 3.8) is 0 Å². The molecule has 0 fully saturated rings. The fourth-order valence-corrected chi connectivity index (χ4v) is 3.47. The Hall–Kier alpha value is -3.35. The Morgan fingerprint density at radius 3 is 2.79 bits per heavy atom. The number of ether oxygens (including phenoxy) is 1. The summed E-state index contributed by atoms with van der Waals surface area (Å²) in [7, 11) is 1.64. The second-order valence-corrected chi connectivity index (χ2v) is 6.69. The molecule has 0 spiro atoms. The molecule has 2 N–H and O–H groups in total. The predicted molar refractivity (Wildman–Crippen MR) is 105 cm³/mol. The quantitative estimate of drug-likeness (QED) is 0.695. The molecule has 4 rings (SSSR count). The van der Waals surface area contributed by atoms with Gasteiger partial charge in [0.05, 0.1) is 25.0 Å². The zero-order chi connectivity index (χ0) is 19.5. The van der Waals surface area contributed by atoms with Crippen LogP contribution in [0.25, 0.3) is 0 Å². The molecule has 144 valence electrons. The second-order valence-electron chi connectivity index (χ2n) is 6.69. The second kappa shape index (κ2) is 7.72. The molecule has 3 aromatic rings. The van der Waals surface area contributed by atoms with Gasteiger partial charge in [-0.3, -0.25) is 4.79 Å².